The Morgan fingerprint density at radius 1 is 1.10 bits per heavy atom. The van der Waals surface area contributed by atoms with Gasteiger partial charge in [0.1, 0.15) is 11.6 Å². The number of benzene rings is 1. The molecule has 108 valence electrons. The minimum Gasteiger partial charge on any atom is -0.324 e. The van der Waals surface area contributed by atoms with E-state index >= 15 is 0 Å². The first-order valence-electron chi connectivity index (χ1n) is 7.11. The lowest BCUT2D eigenvalue weighted by Gasteiger charge is -2.24. The number of nitrogens with zero attached hydrogens (tertiary/aromatic N) is 3. The summed E-state index contributed by atoms with van der Waals surface area (Å²) in [5.74, 6) is 1.87. The fraction of sp³-hybridized carbons (Fsp3) is 0.500. The SMILES string of the molecule is Cc1cccc(CCc2nnc(CN)n2C(C)(C)C)c1. The summed E-state index contributed by atoms with van der Waals surface area (Å²) >= 11 is 0. The topological polar surface area (TPSA) is 56.7 Å². The lowest BCUT2D eigenvalue weighted by atomic mass is 10.0. The summed E-state index contributed by atoms with van der Waals surface area (Å²) in [6, 6.07) is 8.61. The second-order valence-electron chi connectivity index (χ2n) is 6.23. The number of hydrogen-bond acceptors (Lipinski definition) is 3. The number of hydrogen-bond donors (Lipinski definition) is 1. The van der Waals surface area contributed by atoms with Crippen molar-refractivity contribution in [3.05, 3.63) is 47.0 Å². The zero-order valence-corrected chi connectivity index (χ0v) is 12.8. The van der Waals surface area contributed by atoms with E-state index in [0.29, 0.717) is 6.54 Å². The highest BCUT2D eigenvalue weighted by Gasteiger charge is 2.21. The monoisotopic (exact) mass is 272 g/mol. The third-order valence-electron chi connectivity index (χ3n) is 3.37. The van der Waals surface area contributed by atoms with Crippen LogP contribution in [0, 0.1) is 6.92 Å². The Morgan fingerprint density at radius 3 is 2.40 bits per heavy atom. The zero-order valence-electron chi connectivity index (χ0n) is 12.8. The molecule has 2 rings (SSSR count). The smallest absolute Gasteiger partial charge is 0.147 e. The van der Waals surface area contributed by atoms with Gasteiger partial charge in [-0.15, -0.1) is 10.2 Å². The Bertz CT molecular complexity index is 578. The number of rotatable bonds is 4. The van der Waals surface area contributed by atoms with E-state index in [1.54, 1.807) is 0 Å². The van der Waals surface area contributed by atoms with Crippen LogP contribution in [0.5, 0.6) is 0 Å². The lowest BCUT2D eigenvalue weighted by Crippen LogP contribution is -2.27. The molecule has 0 unspecified atom stereocenters. The summed E-state index contributed by atoms with van der Waals surface area (Å²) in [6.45, 7) is 9.02. The lowest BCUT2D eigenvalue weighted by molar-refractivity contribution is 0.369. The van der Waals surface area contributed by atoms with Crippen LogP contribution < -0.4 is 5.73 Å². The predicted octanol–water partition coefficient (Wildman–Crippen LogP) is 2.59. The summed E-state index contributed by atoms with van der Waals surface area (Å²) in [5.41, 5.74) is 8.35. The van der Waals surface area contributed by atoms with Gasteiger partial charge in [-0.25, -0.2) is 0 Å². The molecule has 0 atom stereocenters. The van der Waals surface area contributed by atoms with Gasteiger partial charge >= 0.3 is 0 Å². The summed E-state index contributed by atoms with van der Waals surface area (Å²) in [5, 5.41) is 8.54. The first-order valence-corrected chi connectivity index (χ1v) is 7.11. The van der Waals surface area contributed by atoms with Crippen molar-refractivity contribution in [3.8, 4) is 0 Å². The molecule has 0 saturated carbocycles. The third-order valence-corrected chi connectivity index (χ3v) is 3.37. The molecule has 20 heavy (non-hydrogen) atoms. The van der Waals surface area contributed by atoms with E-state index in [2.05, 4.69) is 66.7 Å². The molecule has 4 nitrogen and oxygen atoms in total. The Morgan fingerprint density at radius 2 is 1.80 bits per heavy atom. The fourth-order valence-electron chi connectivity index (χ4n) is 2.55. The molecular weight excluding hydrogens is 248 g/mol. The van der Waals surface area contributed by atoms with Crippen molar-refractivity contribution in [3.63, 3.8) is 0 Å². The average Bonchev–Trinajstić information content (AvgIpc) is 2.79. The fourth-order valence-corrected chi connectivity index (χ4v) is 2.55. The molecule has 2 aromatic rings. The highest BCUT2D eigenvalue weighted by molar-refractivity contribution is 5.22. The molecule has 0 bridgehead atoms. The van der Waals surface area contributed by atoms with Gasteiger partial charge in [0.2, 0.25) is 0 Å². The highest BCUT2D eigenvalue weighted by atomic mass is 15.3. The van der Waals surface area contributed by atoms with Crippen LogP contribution >= 0.6 is 0 Å². The van der Waals surface area contributed by atoms with Gasteiger partial charge < -0.3 is 10.3 Å². The highest BCUT2D eigenvalue weighted by Crippen LogP contribution is 2.19. The molecule has 4 heteroatoms. The molecule has 0 aliphatic rings. The van der Waals surface area contributed by atoms with Crippen molar-refractivity contribution in [2.75, 3.05) is 0 Å². The van der Waals surface area contributed by atoms with Crippen LogP contribution in [-0.2, 0) is 24.9 Å². The van der Waals surface area contributed by atoms with E-state index in [0.717, 1.165) is 24.5 Å². The van der Waals surface area contributed by atoms with Gasteiger partial charge in [0.25, 0.3) is 0 Å². The molecule has 0 fully saturated rings. The number of aromatic nitrogens is 3. The number of nitrogens with two attached hydrogens (primary N) is 1. The third kappa shape index (κ3) is 3.25. The first-order chi connectivity index (χ1) is 9.41. The van der Waals surface area contributed by atoms with Crippen LogP contribution in [0.25, 0.3) is 0 Å². The van der Waals surface area contributed by atoms with Gasteiger partial charge in [0.15, 0.2) is 0 Å². The Hall–Kier alpha value is -1.68. The van der Waals surface area contributed by atoms with E-state index in [1.807, 2.05) is 0 Å². The Balaban J connectivity index is 2.20. The van der Waals surface area contributed by atoms with Crippen LogP contribution in [0.15, 0.2) is 24.3 Å². The molecule has 1 aromatic carbocycles. The van der Waals surface area contributed by atoms with Crippen LogP contribution in [-0.4, -0.2) is 14.8 Å². The molecule has 1 aromatic heterocycles. The molecule has 1 heterocycles. The summed E-state index contributed by atoms with van der Waals surface area (Å²) in [4.78, 5) is 0. The van der Waals surface area contributed by atoms with Gasteiger partial charge in [-0.2, -0.15) is 0 Å². The summed E-state index contributed by atoms with van der Waals surface area (Å²) in [7, 11) is 0. The van der Waals surface area contributed by atoms with Crippen molar-refractivity contribution in [2.45, 2.75) is 52.6 Å². The maximum atomic E-state index is 5.76. The van der Waals surface area contributed by atoms with E-state index in [1.165, 1.54) is 11.1 Å². The largest absolute Gasteiger partial charge is 0.324 e. The van der Waals surface area contributed by atoms with Gasteiger partial charge in [-0.05, 0) is 39.7 Å². The van der Waals surface area contributed by atoms with Gasteiger partial charge in [0, 0.05) is 12.0 Å². The molecule has 0 aliphatic carbocycles. The molecule has 0 amide bonds. The summed E-state index contributed by atoms with van der Waals surface area (Å²) in [6.07, 6.45) is 1.86. The quantitative estimate of drug-likeness (QED) is 0.930. The summed E-state index contributed by atoms with van der Waals surface area (Å²) < 4.78 is 2.17. The van der Waals surface area contributed by atoms with E-state index in [-0.39, 0.29) is 5.54 Å². The van der Waals surface area contributed by atoms with Gasteiger partial charge in [0.05, 0.1) is 6.54 Å². The predicted molar refractivity (Wildman–Crippen MR) is 81.5 cm³/mol. The molecular formula is C16H24N4. The van der Waals surface area contributed by atoms with Crippen molar-refractivity contribution in [1.82, 2.24) is 14.8 Å². The average molecular weight is 272 g/mol. The van der Waals surface area contributed by atoms with Crippen molar-refractivity contribution >= 4 is 0 Å². The van der Waals surface area contributed by atoms with Crippen molar-refractivity contribution < 1.29 is 0 Å². The van der Waals surface area contributed by atoms with Crippen LogP contribution in [0.2, 0.25) is 0 Å². The van der Waals surface area contributed by atoms with E-state index in [9.17, 15) is 0 Å². The molecule has 0 saturated heterocycles. The van der Waals surface area contributed by atoms with Gasteiger partial charge in [-0.3, -0.25) is 0 Å². The minimum absolute atomic E-state index is 0.0415. The second kappa shape index (κ2) is 5.75. The molecule has 0 aliphatic heterocycles. The Kier molecular flexibility index (Phi) is 4.23. The van der Waals surface area contributed by atoms with Crippen molar-refractivity contribution in [1.29, 1.82) is 0 Å². The zero-order chi connectivity index (χ0) is 14.8. The first kappa shape index (κ1) is 14.7. The van der Waals surface area contributed by atoms with Crippen LogP contribution in [0.3, 0.4) is 0 Å². The van der Waals surface area contributed by atoms with E-state index < -0.39 is 0 Å². The molecule has 2 N–H and O–H groups in total. The second-order valence-corrected chi connectivity index (χ2v) is 6.23. The Labute approximate surface area is 121 Å². The molecule has 0 radical (unpaired) electrons. The minimum atomic E-state index is -0.0415. The van der Waals surface area contributed by atoms with E-state index in [4.69, 9.17) is 5.73 Å². The maximum absolute atomic E-state index is 5.76. The van der Waals surface area contributed by atoms with Crippen molar-refractivity contribution in [2.24, 2.45) is 5.73 Å². The maximum Gasteiger partial charge on any atom is 0.147 e. The standard InChI is InChI=1S/C16H24N4/c1-12-6-5-7-13(10-12)8-9-14-18-19-15(11-17)20(14)16(2,3)4/h5-7,10H,8-9,11,17H2,1-4H3. The number of aryl methyl sites for hydroxylation is 3. The molecule has 0 spiro atoms. The van der Waals surface area contributed by atoms with Crippen LogP contribution in [0.1, 0.15) is 43.5 Å². The van der Waals surface area contributed by atoms with Gasteiger partial charge in [-0.1, -0.05) is 29.8 Å². The van der Waals surface area contributed by atoms with Crippen LogP contribution in [0.4, 0.5) is 0 Å². The normalized spacial score (nSPS) is 11.8.